The Hall–Kier alpha value is -0.120. The van der Waals surface area contributed by atoms with Crippen LogP contribution in [-0.2, 0) is 0 Å². The van der Waals surface area contributed by atoms with Crippen molar-refractivity contribution in [2.45, 2.75) is 57.2 Å². The van der Waals surface area contributed by atoms with Crippen molar-refractivity contribution in [3.63, 3.8) is 0 Å². The zero-order valence-electron chi connectivity index (χ0n) is 11.4. The summed E-state index contributed by atoms with van der Waals surface area (Å²) in [5.74, 6) is 0. The molecule has 3 aliphatic heterocycles. The first-order chi connectivity index (χ1) is 8.21. The summed E-state index contributed by atoms with van der Waals surface area (Å²) in [6, 6.07) is 1.60. The quantitative estimate of drug-likeness (QED) is 0.781. The maximum atomic E-state index is 3.49. The largest absolute Gasteiger partial charge is 0.317 e. The van der Waals surface area contributed by atoms with Crippen molar-refractivity contribution >= 4 is 0 Å². The van der Waals surface area contributed by atoms with Gasteiger partial charge in [0.05, 0.1) is 0 Å². The molecule has 3 saturated heterocycles. The molecule has 3 aliphatic rings. The lowest BCUT2D eigenvalue weighted by atomic mass is 9.84. The Bertz CT molecular complexity index is 265. The van der Waals surface area contributed by atoms with Crippen molar-refractivity contribution in [2.75, 3.05) is 32.7 Å². The fourth-order valence-electron chi connectivity index (χ4n) is 4.06. The lowest BCUT2D eigenvalue weighted by Crippen LogP contribution is -2.71. The molecule has 0 aromatic rings. The Morgan fingerprint density at radius 2 is 1.88 bits per heavy atom. The van der Waals surface area contributed by atoms with E-state index in [1.165, 1.54) is 58.4 Å². The minimum Gasteiger partial charge on any atom is -0.317 e. The van der Waals surface area contributed by atoms with Crippen molar-refractivity contribution in [3.8, 4) is 0 Å². The van der Waals surface area contributed by atoms with E-state index >= 15 is 0 Å². The van der Waals surface area contributed by atoms with E-state index in [0.29, 0.717) is 5.54 Å². The third kappa shape index (κ3) is 2.02. The predicted molar refractivity (Wildman–Crippen MR) is 71.3 cm³/mol. The van der Waals surface area contributed by atoms with Crippen molar-refractivity contribution in [2.24, 2.45) is 0 Å². The van der Waals surface area contributed by atoms with E-state index in [1.54, 1.807) is 0 Å². The molecular formula is C14H27N3. The topological polar surface area (TPSA) is 18.5 Å². The molecule has 3 fully saturated rings. The molecule has 1 spiro atoms. The molecule has 3 heteroatoms. The zero-order valence-corrected chi connectivity index (χ0v) is 11.4. The van der Waals surface area contributed by atoms with Crippen LogP contribution in [-0.4, -0.2) is 60.1 Å². The molecule has 3 nitrogen and oxygen atoms in total. The second-order valence-corrected chi connectivity index (χ2v) is 6.50. The Balaban J connectivity index is 1.64. The molecular weight excluding hydrogens is 210 g/mol. The van der Waals surface area contributed by atoms with Crippen LogP contribution in [0.15, 0.2) is 0 Å². The molecule has 1 N–H and O–H groups in total. The van der Waals surface area contributed by atoms with Gasteiger partial charge in [0.2, 0.25) is 0 Å². The van der Waals surface area contributed by atoms with Gasteiger partial charge in [0.15, 0.2) is 0 Å². The van der Waals surface area contributed by atoms with Crippen LogP contribution >= 0.6 is 0 Å². The van der Waals surface area contributed by atoms with Crippen molar-refractivity contribution in [3.05, 3.63) is 0 Å². The highest BCUT2D eigenvalue weighted by Crippen LogP contribution is 2.41. The van der Waals surface area contributed by atoms with Crippen LogP contribution in [0.2, 0.25) is 0 Å². The van der Waals surface area contributed by atoms with Gasteiger partial charge in [-0.05, 0) is 59.2 Å². The van der Waals surface area contributed by atoms with Crippen molar-refractivity contribution in [1.82, 2.24) is 15.1 Å². The molecule has 0 bridgehead atoms. The Labute approximate surface area is 106 Å². The van der Waals surface area contributed by atoms with E-state index in [-0.39, 0.29) is 0 Å². The van der Waals surface area contributed by atoms with Gasteiger partial charge in [-0.15, -0.1) is 0 Å². The number of hydrogen-bond acceptors (Lipinski definition) is 3. The highest BCUT2D eigenvalue weighted by molar-refractivity contribution is 5.09. The predicted octanol–water partition coefficient (Wildman–Crippen LogP) is 1.30. The highest BCUT2D eigenvalue weighted by Gasteiger charge is 2.52. The number of nitrogens with zero attached hydrogens (tertiary/aromatic N) is 2. The molecule has 17 heavy (non-hydrogen) atoms. The number of nitrogens with one attached hydrogen (secondary N) is 1. The molecule has 0 atom stereocenters. The van der Waals surface area contributed by atoms with E-state index < -0.39 is 0 Å². The van der Waals surface area contributed by atoms with Gasteiger partial charge < -0.3 is 5.32 Å². The Morgan fingerprint density at radius 1 is 1.18 bits per heavy atom. The average Bonchev–Trinajstić information content (AvgIpc) is 2.72. The third-order valence-electron chi connectivity index (χ3n) is 5.12. The molecule has 0 saturated carbocycles. The lowest BCUT2D eigenvalue weighted by Gasteiger charge is -2.57. The molecule has 0 aromatic carbocycles. The summed E-state index contributed by atoms with van der Waals surface area (Å²) in [4.78, 5) is 5.52. The summed E-state index contributed by atoms with van der Waals surface area (Å²) in [6.45, 7) is 11.1. The number of piperidine rings is 1. The van der Waals surface area contributed by atoms with Crippen LogP contribution in [0.1, 0.15) is 39.5 Å². The number of likely N-dealkylation sites (tertiary alicyclic amines) is 2. The average molecular weight is 237 g/mol. The normalized spacial score (nSPS) is 31.2. The van der Waals surface area contributed by atoms with Crippen LogP contribution in [0.4, 0.5) is 0 Å². The van der Waals surface area contributed by atoms with E-state index in [4.69, 9.17) is 0 Å². The fourth-order valence-corrected chi connectivity index (χ4v) is 4.06. The van der Waals surface area contributed by atoms with Gasteiger partial charge >= 0.3 is 0 Å². The van der Waals surface area contributed by atoms with Gasteiger partial charge in [-0.1, -0.05) is 0 Å². The van der Waals surface area contributed by atoms with Crippen LogP contribution in [0.25, 0.3) is 0 Å². The minimum absolute atomic E-state index is 0.576. The van der Waals surface area contributed by atoms with Gasteiger partial charge in [-0.25, -0.2) is 0 Å². The SMILES string of the molecule is CC(C)N1CC2(CCCN2C2CCNCC2)C1. The summed E-state index contributed by atoms with van der Waals surface area (Å²) in [5.41, 5.74) is 0.576. The molecule has 0 amide bonds. The highest BCUT2D eigenvalue weighted by atomic mass is 15.4. The standard InChI is InChI=1S/C14H27N3/c1-12(2)16-10-14(11-16)6-3-9-17(14)13-4-7-15-8-5-13/h12-13,15H,3-11H2,1-2H3. The summed E-state index contributed by atoms with van der Waals surface area (Å²) in [7, 11) is 0. The maximum Gasteiger partial charge on any atom is 0.0466 e. The van der Waals surface area contributed by atoms with E-state index in [0.717, 1.165) is 12.1 Å². The first-order valence-corrected chi connectivity index (χ1v) is 7.43. The molecule has 0 aliphatic carbocycles. The van der Waals surface area contributed by atoms with E-state index in [1.807, 2.05) is 0 Å². The lowest BCUT2D eigenvalue weighted by molar-refractivity contribution is -0.0685. The van der Waals surface area contributed by atoms with Crippen LogP contribution in [0.5, 0.6) is 0 Å². The molecule has 98 valence electrons. The first kappa shape index (κ1) is 11.9. The monoisotopic (exact) mass is 237 g/mol. The number of hydrogen-bond donors (Lipinski definition) is 1. The van der Waals surface area contributed by atoms with E-state index in [9.17, 15) is 0 Å². The summed E-state index contributed by atoms with van der Waals surface area (Å²) >= 11 is 0. The van der Waals surface area contributed by atoms with Crippen LogP contribution in [0.3, 0.4) is 0 Å². The summed E-state index contributed by atoms with van der Waals surface area (Å²) in [5, 5.41) is 3.49. The smallest absolute Gasteiger partial charge is 0.0466 e. The molecule has 3 heterocycles. The van der Waals surface area contributed by atoms with Crippen molar-refractivity contribution < 1.29 is 0 Å². The van der Waals surface area contributed by atoms with Gasteiger partial charge in [0.25, 0.3) is 0 Å². The van der Waals surface area contributed by atoms with Gasteiger partial charge in [-0.3, -0.25) is 9.80 Å². The third-order valence-corrected chi connectivity index (χ3v) is 5.12. The molecule has 0 radical (unpaired) electrons. The molecule has 0 unspecified atom stereocenters. The van der Waals surface area contributed by atoms with E-state index in [2.05, 4.69) is 29.0 Å². The van der Waals surface area contributed by atoms with Crippen molar-refractivity contribution in [1.29, 1.82) is 0 Å². The zero-order chi connectivity index (χ0) is 11.9. The van der Waals surface area contributed by atoms with Crippen LogP contribution < -0.4 is 5.32 Å². The molecule has 3 rings (SSSR count). The second-order valence-electron chi connectivity index (χ2n) is 6.50. The van der Waals surface area contributed by atoms with Crippen LogP contribution in [0, 0.1) is 0 Å². The first-order valence-electron chi connectivity index (χ1n) is 7.43. The summed E-state index contributed by atoms with van der Waals surface area (Å²) < 4.78 is 0. The maximum absolute atomic E-state index is 3.49. The minimum atomic E-state index is 0.576. The van der Waals surface area contributed by atoms with Gasteiger partial charge in [-0.2, -0.15) is 0 Å². The second kappa shape index (κ2) is 4.52. The summed E-state index contributed by atoms with van der Waals surface area (Å²) in [6.07, 6.45) is 5.60. The number of rotatable bonds is 2. The Kier molecular flexibility index (Phi) is 3.18. The Morgan fingerprint density at radius 3 is 2.53 bits per heavy atom. The fraction of sp³-hybridized carbons (Fsp3) is 1.00. The van der Waals surface area contributed by atoms with Gasteiger partial charge in [0.1, 0.15) is 0 Å². The molecule has 0 aromatic heterocycles. The van der Waals surface area contributed by atoms with Gasteiger partial charge in [0, 0.05) is 30.7 Å².